The second-order valence-electron chi connectivity index (χ2n) is 8.05. The zero-order valence-corrected chi connectivity index (χ0v) is 20.2. The smallest absolute Gasteiger partial charge is 0.490 e. The fraction of sp³-hybridized carbons (Fsp3) is 0.522. The van der Waals surface area contributed by atoms with Gasteiger partial charge in [0.1, 0.15) is 12.7 Å². The predicted octanol–water partition coefficient (Wildman–Crippen LogP) is 3.37. The summed E-state index contributed by atoms with van der Waals surface area (Å²) in [5.74, 6) is 0.0310. The molecule has 0 aromatic carbocycles. The Kier molecular flexibility index (Phi) is 9.26. The van der Waals surface area contributed by atoms with Crippen LogP contribution in [0.25, 0.3) is 0 Å². The van der Waals surface area contributed by atoms with Crippen LogP contribution in [0.15, 0.2) is 18.3 Å². The van der Waals surface area contributed by atoms with E-state index in [1.54, 1.807) is 32.9 Å². The lowest BCUT2D eigenvalue weighted by molar-refractivity contribution is -0.151. The lowest BCUT2D eigenvalue weighted by Crippen LogP contribution is -2.40. The Morgan fingerprint density at radius 2 is 2.03 bits per heavy atom. The molecular formula is C23H31FN4O7. The van der Waals surface area contributed by atoms with Gasteiger partial charge in [-0.3, -0.25) is 0 Å². The number of nitrogens with zero attached hydrogens (tertiary/aromatic N) is 3. The third-order valence-electron chi connectivity index (χ3n) is 5.02. The first-order valence-electron chi connectivity index (χ1n) is 11.3. The molecule has 2 aromatic heterocycles. The van der Waals surface area contributed by atoms with Gasteiger partial charge in [-0.1, -0.05) is 0 Å². The number of carbonyl (C=O) groups excluding carboxylic acids is 1. The van der Waals surface area contributed by atoms with Gasteiger partial charge in [-0.25, -0.2) is 19.2 Å². The molecular weight excluding hydrogens is 463 g/mol. The summed E-state index contributed by atoms with van der Waals surface area (Å²) in [5.41, 5.74) is 1.22. The molecule has 1 aliphatic heterocycles. The molecule has 0 amide bonds. The third-order valence-corrected chi connectivity index (χ3v) is 5.02. The highest BCUT2D eigenvalue weighted by molar-refractivity contribution is 5.67. The lowest BCUT2D eigenvalue weighted by Gasteiger charge is -2.31. The Bertz CT molecular complexity index is 1000. The molecule has 0 radical (unpaired) electrons. The van der Waals surface area contributed by atoms with Gasteiger partial charge >= 0.3 is 6.16 Å². The van der Waals surface area contributed by atoms with E-state index in [4.69, 9.17) is 28.9 Å². The number of carbonyl (C=O) groups is 1. The molecule has 0 atom stereocenters. The molecule has 0 saturated carbocycles. The minimum Gasteiger partial charge on any atom is -0.490 e. The summed E-state index contributed by atoms with van der Waals surface area (Å²) in [7, 11) is 1.40. The number of piperidine rings is 1. The molecule has 0 spiro atoms. The number of hydrogen-bond acceptors (Lipinski definition) is 11. The summed E-state index contributed by atoms with van der Waals surface area (Å²) < 4.78 is 36.4. The number of aliphatic hydroxyl groups excluding tert-OH is 1. The monoisotopic (exact) mass is 494 g/mol. The second kappa shape index (κ2) is 12.4. The summed E-state index contributed by atoms with van der Waals surface area (Å²) in [4.78, 5) is 25.3. The number of hydrogen-bond donors (Lipinski definition) is 2. The van der Waals surface area contributed by atoms with Crippen molar-refractivity contribution in [3.05, 3.63) is 29.8 Å². The van der Waals surface area contributed by atoms with E-state index in [9.17, 15) is 9.18 Å². The maximum atomic E-state index is 14.7. The van der Waals surface area contributed by atoms with E-state index in [2.05, 4.69) is 15.3 Å². The Hall–Kier alpha value is -3.38. The van der Waals surface area contributed by atoms with Crippen LogP contribution >= 0.6 is 0 Å². The minimum atomic E-state index is -0.755. The number of aromatic nitrogens is 2. The second-order valence-corrected chi connectivity index (χ2v) is 8.05. The Morgan fingerprint density at radius 1 is 1.29 bits per heavy atom. The van der Waals surface area contributed by atoms with E-state index < -0.39 is 12.0 Å². The van der Waals surface area contributed by atoms with Crippen LogP contribution in [-0.4, -0.2) is 71.9 Å². The van der Waals surface area contributed by atoms with Gasteiger partial charge in [0.25, 0.3) is 0 Å². The van der Waals surface area contributed by atoms with Crippen molar-refractivity contribution in [3.63, 3.8) is 0 Å². The minimum absolute atomic E-state index is 0.0582. The first kappa shape index (κ1) is 26.2. The Labute approximate surface area is 203 Å². The number of pyridine rings is 2. The maximum absolute atomic E-state index is 14.7. The van der Waals surface area contributed by atoms with Crippen LogP contribution in [0.2, 0.25) is 0 Å². The van der Waals surface area contributed by atoms with Crippen molar-refractivity contribution in [2.75, 3.05) is 38.7 Å². The molecule has 192 valence electrons. The number of aliphatic hydroxyl groups is 1. The largest absolute Gasteiger partial charge is 0.528 e. The molecule has 2 aromatic rings. The maximum Gasteiger partial charge on any atom is 0.528 e. The molecule has 12 heteroatoms. The van der Waals surface area contributed by atoms with Gasteiger partial charge < -0.3 is 34.2 Å². The zero-order valence-electron chi connectivity index (χ0n) is 20.2. The molecule has 1 aliphatic rings. The standard InChI is InChI=1S/C23H31FN4O7/c1-14(2)33-23(30)35-28-9-7-16(8-10-28)34-20-17(24)13-25-22(21(20)31-4)27-18-5-6-19(26-15(18)3)32-12-11-29/h5-6,13-14,16,29H,7-12H2,1-4H3,(H,25,27). The van der Waals surface area contributed by atoms with Crippen molar-refractivity contribution in [2.24, 2.45) is 0 Å². The van der Waals surface area contributed by atoms with Crippen LogP contribution in [0.4, 0.5) is 20.7 Å². The highest BCUT2D eigenvalue weighted by Gasteiger charge is 2.27. The van der Waals surface area contributed by atoms with Gasteiger partial charge in [-0.05, 0) is 26.8 Å². The van der Waals surface area contributed by atoms with E-state index in [1.807, 2.05) is 0 Å². The SMILES string of the molecule is COc1c(Nc2ccc(OCCO)nc2C)ncc(F)c1OC1CCN(OC(=O)OC(C)C)CC1. The van der Waals surface area contributed by atoms with E-state index in [0.29, 0.717) is 43.2 Å². The number of anilines is 2. The summed E-state index contributed by atoms with van der Waals surface area (Å²) in [6, 6.07) is 3.38. The third kappa shape index (κ3) is 7.30. The van der Waals surface area contributed by atoms with Crippen molar-refractivity contribution >= 4 is 17.7 Å². The number of nitrogens with one attached hydrogen (secondary N) is 1. The Balaban J connectivity index is 1.67. The van der Waals surface area contributed by atoms with Gasteiger partial charge in [-0.15, -0.1) is 5.06 Å². The van der Waals surface area contributed by atoms with E-state index in [0.717, 1.165) is 6.20 Å². The molecule has 0 unspecified atom stereocenters. The summed E-state index contributed by atoms with van der Waals surface area (Å²) >= 11 is 0. The van der Waals surface area contributed by atoms with Gasteiger partial charge in [0.15, 0.2) is 11.6 Å². The number of aryl methyl sites for hydroxylation is 1. The van der Waals surface area contributed by atoms with Crippen molar-refractivity contribution < 1.29 is 38.1 Å². The highest BCUT2D eigenvalue weighted by Crippen LogP contribution is 2.39. The van der Waals surface area contributed by atoms with Crippen molar-refractivity contribution in [1.29, 1.82) is 0 Å². The van der Waals surface area contributed by atoms with Gasteiger partial charge in [0, 0.05) is 32.0 Å². The van der Waals surface area contributed by atoms with Crippen LogP contribution in [-0.2, 0) is 9.57 Å². The van der Waals surface area contributed by atoms with Gasteiger partial charge in [0.05, 0.1) is 37.4 Å². The normalized spacial score (nSPS) is 14.5. The number of halogens is 1. The van der Waals surface area contributed by atoms with E-state index in [-0.39, 0.29) is 42.7 Å². The molecule has 1 saturated heterocycles. The molecule has 0 aliphatic carbocycles. The molecule has 3 rings (SSSR count). The van der Waals surface area contributed by atoms with Crippen molar-refractivity contribution in [2.45, 2.75) is 45.8 Å². The number of methoxy groups -OCH3 is 1. The molecule has 11 nitrogen and oxygen atoms in total. The van der Waals surface area contributed by atoms with Gasteiger partial charge in [-0.2, -0.15) is 0 Å². The molecule has 1 fully saturated rings. The molecule has 35 heavy (non-hydrogen) atoms. The van der Waals surface area contributed by atoms with Crippen LogP contribution in [0, 0.1) is 12.7 Å². The van der Waals surface area contributed by atoms with Crippen LogP contribution < -0.4 is 19.5 Å². The van der Waals surface area contributed by atoms with Crippen molar-refractivity contribution in [3.8, 4) is 17.4 Å². The summed E-state index contributed by atoms with van der Waals surface area (Å²) in [5, 5.41) is 13.5. The predicted molar refractivity (Wildman–Crippen MR) is 124 cm³/mol. The number of ether oxygens (including phenoxy) is 4. The van der Waals surface area contributed by atoms with Crippen LogP contribution in [0.5, 0.6) is 17.4 Å². The molecule has 0 bridgehead atoms. The molecule has 3 heterocycles. The Morgan fingerprint density at radius 3 is 2.66 bits per heavy atom. The average molecular weight is 495 g/mol. The fourth-order valence-corrected chi connectivity index (χ4v) is 3.40. The van der Waals surface area contributed by atoms with Gasteiger partial charge in [0.2, 0.25) is 17.4 Å². The topological polar surface area (TPSA) is 125 Å². The lowest BCUT2D eigenvalue weighted by atomic mass is 10.1. The van der Waals surface area contributed by atoms with E-state index in [1.165, 1.54) is 12.2 Å². The quantitative estimate of drug-likeness (QED) is 0.472. The molecule has 2 N–H and O–H groups in total. The zero-order chi connectivity index (χ0) is 25.4. The van der Waals surface area contributed by atoms with E-state index >= 15 is 0 Å². The summed E-state index contributed by atoms with van der Waals surface area (Å²) in [6.07, 6.45) is 0.713. The van der Waals surface area contributed by atoms with Crippen molar-refractivity contribution in [1.82, 2.24) is 15.0 Å². The number of rotatable bonds is 10. The number of hydroxylamine groups is 2. The highest BCUT2D eigenvalue weighted by atomic mass is 19.1. The summed E-state index contributed by atoms with van der Waals surface area (Å²) in [6.45, 7) is 6.09. The van der Waals surface area contributed by atoms with Crippen LogP contribution in [0.1, 0.15) is 32.4 Å². The first-order chi connectivity index (χ1) is 16.8. The first-order valence-corrected chi connectivity index (χ1v) is 11.3. The fourth-order valence-electron chi connectivity index (χ4n) is 3.40. The average Bonchev–Trinajstić information content (AvgIpc) is 2.82. The van der Waals surface area contributed by atoms with Crippen LogP contribution in [0.3, 0.4) is 0 Å².